The van der Waals surface area contributed by atoms with Crippen molar-refractivity contribution in [2.24, 2.45) is 11.8 Å². The van der Waals surface area contributed by atoms with E-state index in [-0.39, 0.29) is 43.4 Å². The van der Waals surface area contributed by atoms with Crippen LogP contribution in [0.5, 0.6) is 0 Å². The van der Waals surface area contributed by atoms with Crippen LogP contribution >= 0.6 is 0 Å². The molecule has 3 fully saturated rings. The number of piperidine rings is 1. The molecule has 0 spiro atoms. The summed E-state index contributed by atoms with van der Waals surface area (Å²) in [6.45, 7) is 1.47. The average Bonchev–Trinajstić information content (AvgIpc) is 3.46. The molecule has 0 aromatic heterocycles. The summed E-state index contributed by atoms with van der Waals surface area (Å²) in [6.07, 6.45) is 4.42. The van der Waals surface area contributed by atoms with E-state index in [1.165, 1.54) is 14.2 Å². The van der Waals surface area contributed by atoms with Crippen molar-refractivity contribution in [3.05, 3.63) is 35.4 Å². The van der Waals surface area contributed by atoms with Gasteiger partial charge in [0.1, 0.15) is 6.04 Å². The van der Waals surface area contributed by atoms with Crippen molar-refractivity contribution in [2.45, 2.75) is 50.6 Å². The predicted octanol–water partition coefficient (Wildman–Crippen LogP) is 1.19. The fourth-order valence-corrected chi connectivity index (χ4v) is 7.53. The van der Waals surface area contributed by atoms with Gasteiger partial charge in [-0.25, -0.2) is 0 Å². The van der Waals surface area contributed by atoms with Gasteiger partial charge in [0.05, 0.1) is 23.9 Å². The molecule has 2 amide bonds. The average molecular weight is 486 g/mol. The van der Waals surface area contributed by atoms with Crippen LogP contribution in [0.3, 0.4) is 0 Å². The van der Waals surface area contributed by atoms with E-state index in [0.717, 1.165) is 24.8 Å². The van der Waals surface area contributed by atoms with Crippen LogP contribution in [0.1, 0.15) is 49.3 Å². The van der Waals surface area contributed by atoms with Gasteiger partial charge < -0.3 is 10.2 Å². The topological polar surface area (TPSA) is 114 Å². The lowest BCUT2D eigenvalue weighted by Crippen LogP contribution is -2.57. The highest BCUT2D eigenvalue weighted by atomic mass is 32.2. The molecule has 1 N–H and O–H groups in total. The number of fused-ring (bicyclic) bond motifs is 1. The quantitative estimate of drug-likeness (QED) is 0.673. The Morgan fingerprint density at radius 1 is 1.00 bits per heavy atom. The second-order valence-corrected chi connectivity index (χ2v) is 11.8. The summed E-state index contributed by atoms with van der Waals surface area (Å²) in [5.74, 6) is -0.941. The second-order valence-electron chi connectivity index (χ2n) is 9.84. The van der Waals surface area contributed by atoms with E-state index in [1.54, 1.807) is 4.90 Å². The van der Waals surface area contributed by atoms with Crippen LogP contribution in [-0.4, -0.2) is 72.5 Å². The summed E-state index contributed by atoms with van der Waals surface area (Å²) in [6, 6.07) is 9.71. The Labute approximate surface area is 200 Å². The predicted molar refractivity (Wildman–Crippen MR) is 124 cm³/mol. The van der Waals surface area contributed by atoms with Gasteiger partial charge in [-0.15, -0.1) is 0 Å². The van der Waals surface area contributed by atoms with Crippen molar-refractivity contribution < 1.29 is 18.0 Å². The van der Waals surface area contributed by atoms with Crippen molar-refractivity contribution in [3.63, 3.8) is 0 Å². The lowest BCUT2D eigenvalue weighted by Gasteiger charge is -2.41. The summed E-state index contributed by atoms with van der Waals surface area (Å²) in [4.78, 5) is 28.3. The molecule has 1 aromatic rings. The minimum atomic E-state index is -3.67. The first-order valence-corrected chi connectivity index (χ1v) is 13.6. The van der Waals surface area contributed by atoms with Gasteiger partial charge in [-0.05, 0) is 49.7 Å². The standard InChI is InChI=1S/C24H31N5O4S/c25-13-17-14-28(15-17)34(32,33)27-11-3-6-19(16-27)24(31)29-12-4-8-22(29)23(30)26-21-10-9-18-5-1-2-7-20(18)21/h1-2,5,7,17,19,21-22H,3-4,6,8-12,14-16H2,(H,26,30)/t19-,21+,22+/m0/s1. The molecule has 182 valence electrons. The fraction of sp³-hybridized carbons (Fsp3) is 0.625. The van der Waals surface area contributed by atoms with Crippen LogP contribution in [-0.2, 0) is 26.2 Å². The third-order valence-corrected chi connectivity index (χ3v) is 9.64. The number of nitriles is 1. The zero-order chi connectivity index (χ0) is 23.9. The first kappa shape index (κ1) is 23.3. The lowest BCUT2D eigenvalue weighted by atomic mass is 9.97. The maximum Gasteiger partial charge on any atom is 0.282 e. The summed E-state index contributed by atoms with van der Waals surface area (Å²) in [7, 11) is -3.67. The second kappa shape index (κ2) is 9.29. The van der Waals surface area contributed by atoms with Crippen LogP contribution in [0.25, 0.3) is 0 Å². The number of nitrogens with zero attached hydrogens (tertiary/aromatic N) is 4. The van der Waals surface area contributed by atoms with Crippen LogP contribution in [0.2, 0.25) is 0 Å². The normalized spacial score (nSPS) is 28.2. The van der Waals surface area contributed by atoms with Gasteiger partial charge in [-0.1, -0.05) is 24.3 Å². The molecule has 3 aliphatic heterocycles. The summed E-state index contributed by atoms with van der Waals surface area (Å²) in [5, 5.41) is 12.1. The zero-order valence-corrected chi connectivity index (χ0v) is 20.0. The molecule has 10 heteroatoms. The van der Waals surface area contributed by atoms with Crippen molar-refractivity contribution in [2.75, 3.05) is 32.7 Å². The summed E-state index contributed by atoms with van der Waals surface area (Å²) in [5.41, 5.74) is 2.42. The van der Waals surface area contributed by atoms with Crippen molar-refractivity contribution in [1.82, 2.24) is 18.8 Å². The largest absolute Gasteiger partial charge is 0.347 e. The molecule has 0 bridgehead atoms. The number of aryl methyl sites for hydroxylation is 1. The Morgan fingerprint density at radius 3 is 2.56 bits per heavy atom. The Kier molecular flexibility index (Phi) is 6.35. The van der Waals surface area contributed by atoms with E-state index >= 15 is 0 Å². The maximum atomic E-state index is 13.4. The third-order valence-electron chi connectivity index (χ3n) is 7.70. The molecule has 3 saturated heterocycles. The Morgan fingerprint density at radius 2 is 1.76 bits per heavy atom. The van der Waals surface area contributed by atoms with Gasteiger partial charge in [0.25, 0.3) is 10.2 Å². The van der Waals surface area contributed by atoms with E-state index < -0.39 is 22.2 Å². The van der Waals surface area contributed by atoms with Gasteiger partial charge in [0.2, 0.25) is 11.8 Å². The number of carbonyl (C=O) groups is 2. The number of likely N-dealkylation sites (tertiary alicyclic amines) is 1. The number of hydrogen-bond donors (Lipinski definition) is 1. The first-order chi connectivity index (χ1) is 16.4. The first-order valence-electron chi connectivity index (χ1n) is 12.2. The molecular formula is C24H31N5O4S. The SMILES string of the molecule is N#CC1CN(S(=O)(=O)N2CCC[C@H](C(=O)N3CCC[C@@H]3C(=O)N[C@@H]3CCc4ccccc43)C2)C1. The molecular weight excluding hydrogens is 454 g/mol. The number of nitrogens with one attached hydrogen (secondary N) is 1. The number of benzene rings is 1. The van der Waals surface area contributed by atoms with E-state index in [4.69, 9.17) is 5.26 Å². The molecule has 9 nitrogen and oxygen atoms in total. The number of amides is 2. The number of carbonyl (C=O) groups excluding carboxylic acids is 2. The highest BCUT2D eigenvalue weighted by Crippen LogP contribution is 2.32. The smallest absolute Gasteiger partial charge is 0.282 e. The molecule has 0 radical (unpaired) electrons. The number of rotatable bonds is 5. The van der Waals surface area contributed by atoms with Crippen molar-refractivity contribution in [3.8, 4) is 6.07 Å². The Bertz CT molecular complexity index is 1110. The Hall–Kier alpha value is -2.48. The third kappa shape index (κ3) is 4.21. The molecule has 0 saturated carbocycles. The monoisotopic (exact) mass is 485 g/mol. The van der Waals surface area contributed by atoms with Crippen molar-refractivity contribution >= 4 is 22.0 Å². The fourth-order valence-electron chi connectivity index (χ4n) is 5.74. The molecule has 5 rings (SSSR count). The van der Waals surface area contributed by atoms with Crippen LogP contribution in [0.15, 0.2) is 24.3 Å². The molecule has 0 unspecified atom stereocenters. The highest BCUT2D eigenvalue weighted by molar-refractivity contribution is 7.86. The van der Waals surface area contributed by atoms with E-state index in [2.05, 4.69) is 23.5 Å². The highest BCUT2D eigenvalue weighted by Gasteiger charge is 2.44. The van der Waals surface area contributed by atoms with E-state index in [1.807, 2.05) is 12.1 Å². The molecule has 3 atom stereocenters. The van der Waals surface area contributed by atoms with Gasteiger partial charge in [-0.2, -0.15) is 22.3 Å². The van der Waals surface area contributed by atoms with Crippen LogP contribution in [0.4, 0.5) is 0 Å². The maximum absolute atomic E-state index is 13.4. The Balaban J connectivity index is 1.22. The van der Waals surface area contributed by atoms with Crippen molar-refractivity contribution in [1.29, 1.82) is 5.26 Å². The van der Waals surface area contributed by atoms with Crippen LogP contribution < -0.4 is 5.32 Å². The van der Waals surface area contributed by atoms with E-state index in [9.17, 15) is 18.0 Å². The van der Waals surface area contributed by atoms with Gasteiger partial charge in [0.15, 0.2) is 0 Å². The summed E-state index contributed by atoms with van der Waals surface area (Å²) < 4.78 is 28.6. The van der Waals surface area contributed by atoms with E-state index in [0.29, 0.717) is 32.4 Å². The van der Waals surface area contributed by atoms with Gasteiger partial charge in [0, 0.05) is 32.7 Å². The van der Waals surface area contributed by atoms with Gasteiger partial charge >= 0.3 is 0 Å². The minimum Gasteiger partial charge on any atom is -0.347 e. The minimum absolute atomic E-state index is 0.0228. The molecule has 4 aliphatic rings. The molecule has 1 aliphatic carbocycles. The lowest BCUT2D eigenvalue weighted by molar-refractivity contribution is -0.142. The van der Waals surface area contributed by atoms with Gasteiger partial charge in [-0.3, -0.25) is 9.59 Å². The van der Waals surface area contributed by atoms with Crippen LogP contribution in [0, 0.1) is 23.2 Å². The molecule has 1 aromatic carbocycles. The summed E-state index contributed by atoms with van der Waals surface area (Å²) >= 11 is 0. The zero-order valence-electron chi connectivity index (χ0n) is 19.2. The molecule has 3 heterocycles. The number of hydrogen-bond acceptors (Lipinski definition) is 5. The molecule has 34 heavy (non-hydrogen) atoms.